The van der Waals surface area contributed by atoms with Crippen LogP contribution in [0.5, 0.6) is 0 Å². The molecule has 0 saturated carbocycles. The molecule has 0 bridgehead atoms. The maximum atomic E-state index is 12.2. The summed E-state index contributed by atoms with van der Waals surface area (Å²) in [6.45, 7) is 0. The van der Waals surface area contributed by atoms with Crippen molar-refractivity contribution in [3.8, 4) is 0 Å². The molecular weight excluding hydrogens is 232 g/mol. The van der Waals surface area contributed by atoms with Crippen molar-refractivity contribution in [1.29, 1.82) is 0 Å². The summed E-state index contributed by atoms with van der Waals surface area (Å²) in [5.74, 6) is -0.740. The summed E-state index contributed by atoms with van der Waals surface area (Å²) in [4.78, 5) is 11.1. The summed E-state index contributed by atoms with van der Waals surface area (Å²) < 4.78 is 36.7. The van der Waals surface area contributed by atoms with E-state index in [1.54, 1.807) is 0 Å². The number of ketones is 1. The van der Waals surface area contributed by atoms with Crippen molar-refractivity contribution in [2.45, 2.75) is 6.18 Å². The van der Waals surface area contributed by atoms with Crippen LogP contribution in [0, 0.1) is 0 Å². The fourth-order valence-corrected chi connectivity index (χ4v) is 1.01. The average molecular weight is 238 g/mol. The predicted molar refractivity (Wildman–Crippen MR) is 44.9 cm³/mol. The van der Waals surface area contributed by atoms with E-state index in [1.165, 1.54) is 6.07 Å². The molecule has 1 rings (SSSR count). The van der Waals surface area contributed by atoms with Crippen LogP contribution in [0.1, 0.15) is 15.9 Å². The number of benzene rings is 1. The molecule has 80 valence electrons. The van der Waals surface area contributed by atoms with E-state index in [0.717, 1.165) is 12.1 Å². The van der Waals surface area contributed by atoms with Gasteiger partial charge in [0.05, 0.1) is 5.56 Å². The summed E-state index contributed by atoms with van der Waals surface area (Å²) in [5.41, 5.74) is -1.07. The maximum Gasteiger partial charge on any atom is 1.00 e. The first-order valence-electron chi connectivity index (χ1n) is 3.95. The summed E-state index contributed by atoms with van der Waals surface area (Å²) in [6, 6.07) is 3.91. The monoisotopic (exact) mass is 238 g/mol. The fourth-order valence-electron chi connectivity index (χ4n) is 1.01. The smallest absolute Gasteiger partial charge is 0.878 e. The van der Waals surface area contributed by atoms with Crippen LogP contribution < -0.4 is 34.7 Å². The van der Waals surface area contributed by atoms with Crippen LogP contribution >= 0.6 is 0 Å². The van der Waals surface area contributed by atoms with Crippen LogP contribution in [-0.2, 0) is 6.18 Å². The van der Waals surface area contributed by atoms with Gasteiger partial charge in [-0.15, -0.1) is 6.26 Å². The maximum absolute atomic E-state index is 12.2. The van der Waals surface area contributed by atoms with Crippen LogP contribution in [0.3, 0.4) is 0 Å². The minimum atomic E-state index is -4.49. The standard InChI is InChI=1S/C10H7F3O2.Na/c11-10(12,13)8-3-1-2-7(6-8)9(15)4-5-14;/h1-6,14H;/q;+1/p-1. The summed E-state index contributed by atoms with van der Waals surface area (Å²) in [6.07, 6.45) is -3.57. The molecule has 0 aromatic heterocycles. The third-order valence-corrected chi connectivity index (χ3v) is 1.69. The Balaban J connectivity index is 0.00000225. The van der Waals surface area contributed by atoms with Gasteiger partial charge in [0, 0.05) is 5.56 Å². The van der Waals surface area contributed by atoms with Crippen LogP contribution in [0.4, 0.5) is 13.2 Å². The first-order chi connectivity index (χ1) is 6.95. The Kier molecular flexibility index (Phi) is 5.78. The van der Waals surface area contributed by atoms with E-state index in [4.69, 9.17) is 0 Å². The van der Waals surface area contributed by atoms with Crippen LogP contribution in [0.25, 0.3) is 0 Å². The van der Waals surface area contributed by atoms with Gasteiger partial charge in [0.2, 0.25) is 0 Å². The molecule has 0 fully saturated rings. The van der Waals surface area contributed by atoms with Crippen molar-refractivity contribution in [3.05, 3.63) is 47.7 Å². The Bertz CT molecular complexity index is 399. The summed E-state index contributed by atoms with van der Waals surface area (Å²) in [5, 5.41) is 9.97. The van der Waals surface area contributed by atoms with E-state index in [1.807, 2.05) is 0 Å². The van der Waals surface area contributed by atoms with Gasteiger partial charge in [-0.25, -0.2) is 0 Å². The van der Waals surface area contributed by atoms with Gasteiger partial charge in [0.15, 0.2) is 5.78 Å². The van der Waals surface area contributed by atoms with E-state index in [9.17, 15) is 23.1 Å². The van der Waals surface area contributed by atoms with Gasteiger partial charge >= 0.3 is 35.7 Å². The molecule has 0 heterocycles. The molecule has 0 aliphatic carbocycles. The Morgan fingerprint density at radius 1 is 1.31 bits per heavy atom. The zero-order valence-corrected chi connectivity index (χ0v) is 10.4. The molecule has 1 aromatic carbocycles. The second-order valence-corrected chi connectivity index (χ2v) is 2.75. The molecule has 0 unspecified atom stereocenters. The van der Waals surface area contributed by atoms with E-state index in [2.05, 4.69) is 0 Å². The molecular formula is C10H6F3NaO2. The second kappa shape index (κ2) is 6.08. The third kappa shape index (κ3) is 4.00. The topological polar surface area (TPSA) is 40.1 Å². The van der Waals surface area contributed by atoms with E-state index in [-0.39, 0.29) is 41.4 Å². The Morgan fingerprint density at radius 2 is 1.94 bits per heavy atom. The number of rotatable bonds is 2. The van der Waals surface area contributed by atoms with Crippen LogP contribution in [-0.4, -0.2) is 5.78 Å². The number of halogens is 3. The molecule has 0 radical (unpaired) electrons. The molecule has 6 heteroatoms. The zero-order chi connectivity index (χ0) is 11.5. The van der Waals surface area contributed by atoms with E-state index in [0.29, 0.717) is 12.1 Å². The Morgan fingerprint density at radius 3 is 2.44 bits per heavy atom. The van der Waals surface area contributed by atoms with Gasteiger partial charge in [0.1, 0.15) is 0 Å². The van der Waals surface area contributed by atoms with Crippen LogP contribution in [0.15, 0.2) is 36.6 Å². The Labute approximate surface area is 112 Å². The molecule has 0 spiro atoms. The normalized spacial score (nSPS) is 11.2. The average Bonchev–Trinajstić information content (AvgIpc) is 2.17. The summed E-state index contributed by atoms with van der Waals surface area (Å²) in [7, 11) is 0. The minimum absolute atomic E-state index is 0. The number of allylic oxidation sites excluding steroid dienone is 1. The first kappa shape index (κ1) is 15.2. The molecule has 2 nitrogen and oxygen atoms in total. The largest absolute Gasteiger partial charge is 1.00 e. The van der Waals surface area contributed by atoms with Crippen LogP contribution in [0.2, 0.25) is 0 Å². The quantitative estimate of drug-likeness (QED) is 0.280. The number of alkyl halides is 3. The third-order valence-electron chi connectivity index (χ3n) is 1.69. The van der Waals surface area contributed by atoms with E-state index >= 15 is 0 Å². The molecule has 16 heavy (non-hydrogen) atoms. The number of carbonyl (C=O) groups is 1. The molecule has 0 atom stereocenters. The molecule has 1 aromatic rings. The summed E-state index contributed by atoms with van der Waals surface area (Å²) >= 11 is 0. The van der Waals surface area contributed by atoms with Gasteiger partial charge in [-0.2, -0.15) is 13.2 Å². The minimum Gasteiger partial charge on any atom is -0.878 e. The van der Waals surface area contributed by atoms with Gasteiger partial charge in [0.25, 0.3) is 0 Å². The van der Waals surface area contributed by atoms with Crippen molar-refractivity contribution < 1.29 is 52.6 Å². The number of hydrogen-bond donors (Lipinski definition) is 0. The molecule has 0 aliphatic rings. The number of carbonyl (C=O) groups excluding carboxylic acids is 1. The van der Waals surface area contributed by atoms with E-state index < -0.39 is 17.5 Å². The predicted octanol–water partition coefficient (Wildman–Crippen LogP) is -1.23. The van der Waals surface area contributed by atoms with Gasteiger partial charge < -0.3 is 5.11 Å². The second-order valence-electron chi connectivity index (χ2n) is 2.75. The first-order valence-corrected chi connectivity index (χ1v) is 3.95. The van der Waals surface area contributed by atoms with Gasteiger partial charge in [-0.1, -0.05) is 12.1 Å². The zero-order valence-electron chi connectivity index (χ0n) is 8.41. The van der Waals surface area contributed by atoms with Crippen molar-refractivity contribution >= 4 is 5.78 Å². The van der Waals surface area contributed by atoms with Crippen molar-refractivity contribution in [2.75, 3.05) is 0 Å². The van der Waals surface area contributed by atoms with Gasteiger partial charge in [-0.3, -0.25) is 4.79 Å². The molecule has 0 amide bonds. The van der Waals surface area contributed by atoms with Crippen molar-refractivity contribution in [1.82, 2.24) is 0 Å². The fraction of sp³-hybridized carbons (Fsp3) is 0.100. The molecule has 0 aliphatic heterocycles. The SMILES string of the molecule is O=C(C=C[O-])c1cccc(C(F)(F)F)c1.[Na+]. The van der Waals surface area contributed by atoms with Crippen molar-refractivity contribution in [2.24, 2.45) is 0 Å². The van der Waals surface area contributed by atoms with Crippen molar-refractivity contribution in [3.63, 3.8) is 0 Å². The molecule has 0 saturated heterocycles. The van der Waals surface area contributed by atoms with Gasteiger partial charge in [-0.05, 0) is 18.2 Å². The number of hydrogen-bond acceptors (Lipinski definition) is 2. The Hall–Kier alpha value is -0.780. The molecule has 0 N–H and O–H groups in total.